The van der Waals surface area contributed by atoms with Crippen molar-refractivity contribution in [1.82, 2.24) is 9.80 Å². The minimum Gasteiger partial charge on any atom is -0.398 e. The number of anilines is 1. The number of hydrogen-bond acceptors (Lipinski definition) is 4. The monoisotopic (exact) mass is 327 g/mol. The Bertz CT molecular complexity index is 525. The van der Waals surface area contributed by atoms with Crippen LogP contribution in [0.2, 0.25) is 5.02 Å². The molecule has 0 aliphatic carbocycles. The van der Waals surface area contributed by atoms with Crippen molar-refractivity contribution in [3.63, 3.8) is 0 Å². The molecule has 1 saturated heterocycles. The lowest BCUT2D eigenvalue weighted by Crippen LogP contribution is -2.50. The summed E-state index contributed by atoms with van der Waals surface area (Å²) < 4.78 is 0. The summed E-state index contributed by atoms with van der Waals surface area (Å²) in [6, 6.07) is 5.31. The summed E-state index contributed by atoms with van der Waals surface area (Å²) in [6.45, 7) is 3.90. The highest BCUT2D eigenvalue weighted by Gasteiger charge is 2.22. The highest BCUT2D eigenvalue weighted by Crippen LogP contribution is 2.32. The fourth-order valence-corrected chi connectivity index (χ4v) is 3.41. The maximum Gasteiger partial charge on any atom is 0.233 e. The number of piperazine rings is 1. The van der Waals surface area contributed by atoms with Gasteiger partial charge in [-0.05, 0) is 12.1 Å². The number of benzene rings is 1. The maximum atomic E-state index is 12.2. The van der Waals surface area contributed by atoms with E-state index in [1.165, 1.54) is 11.8 Å². The molecule has 1 aliphatic rings. The molecule has 1 fully saturated rings. The number of hydrogen-bond donors (Lipinski definition) is 1. The molecular weight excluding hydrogens is 310 g/mol. The van der Waals surface area contributed by atoms with Gasteiger partial charge in [0.05, 0.1) is 10.8 Å². The fourth-order valence-electron chi connectivity index (χ4n) is 2.17. The van der Waals surface area contributed by atoms with Crippen LogP contribution in [0.4, 0.5) is 5.69 Å². The lowest BCUT2D eigenvalue weighted by Gasteiger charge is -2.34. The number of rotatable bonds is 3. The molecule has 5 nitrogen and oxygen atoms in total. The molecule has 0 bridgehead atoms. The van der Waals surface area contributed by atoms with E-state index < -0.39 is 0 Å². The summed E-state index contributed by atoms with van der Waals surface area (Å²) in [5.41, 5.74) is 6.45. The minimum absolute atomic E-state index is 0.0440. The van der Waals surface area contributed by atoms with E-state index >= 15 is 0 Å². The average Bonchev–Trinajstić information content (AvgIpc) is 2.46. The molecule has 21 heavy (non-hydrogen) atoms. The third kappa shape index (κ3) is 4.04. The zero-order valence-corrected chi connectivity index (χ0v) is 13.4. The second-order valence-electron chi connectivity index (χ2n) is 4.83. The zero-order valence-electron chi connectivity index (χ0n) is 11.8. The van der Waals surface area contributed by atoms with Crippen molar-refractivity contribution in [2.45, 2.75) is 11.8 Å². The molecule has 0 radical (unpaired) electrons. The third-order valence-corrected chi connectivity index (χ3v) is 4.98. The Morgan fingerprint density at radius 2 is 1.86 bits per heavy atom. The number of nitrogens with zero attached hydrogens (tertiary/aromatic N) is 2. The minimum atomic E-state index is 0.0440. The maximum absolute atomic E-state index is 12.2. The first kappa shape index (κ1) is 16.0. The summed E-state index contributed by atoms with van der Waals surface area (Å²) in [7, 11) is 0. The number of nitrogens with two attached hydrogens (primary N) is 1. The second-order valence-corrected chi connectivity index (χ2v) is 6.23. The third-order valence-electron chi connectivity index (χ3n) is 3.42. The fraction of sp³-hybridized carbons (Fsp3) is 0.429. The molecule has 0 atom stereocenters. The first-order valence-corrected chi connectivity index (χ1v) is 8.05. The molecule has 0 saturated carbocycles. The van der Waals surface area contributed by atoms with Crippen LogP contribution in [0.1, 0.15) is 6.92 Å². The van der Waals surface area contributed by atoms with Crippen LogP contribution in [0, 0.1) is 0 Å². The van der Waals surface area contributed by atoms with E-state index in [-0.39, 0.29) is 11.8 Å². The number of thioether (sulfide) groups is 1. The molecule has 1 aromatic carbocycles. The number of halogens is 1. The normalized spacial score (nSPS) is 15.1. The molecule has 1 heterocycles. The number of carbonyl (C=O) groups excluding carboxylic acids is 2. The van der Waals surface area contributed by atoms with E-state index in [4.69, 9.17) is 17.3 Å². The van der Waals surface area contributed by atoms with Gasteiger partial charge in [0.1, 0.15) is 0 Å². The summed E-state index contributed by atoms with van der Waals surface area (Å²) in [5.74, 6) is 0.399. The Hall–Kier alpha value is -1.40. The van der Waals surface area contributed by atoms with Crippen LogP contribution in [-0.2, 0) is 9.59 Å². The van der Waals surface area contributed by atoms with Gasteiger partial charge in [0.2, 0.25) is 11.8 Å². The van der Waals surface area contributed by atoms with Gasteiger partial charge in [0.25, 0.3) is 0 Å². The van der Waals surface area contributed by atoms with Gasteiger partial charge in [-0.3, -0.25) is 9.59 Å². The molecule has 1 aliphatic heterocycles. The number of amides is 2. The van der Waals surface area contributed by atoms with Gasteiger partial charge in [0, 0.05) is 43.7 Å². The molecule has 0 spiro atoms. The van der Waals surface area contributed by atoms with E-state index in [2.05, 4.69) is 0 Å². The van der Waals surface area contributed by atoms with Gasteiger partial charge >= 0.3 is 0 Å². The Kier molecular flexibility index (Phi) is 5.36. The van der Waals surface area contributed by atoms with Crippen molar-refractivity contribution in [2.24, 2.45) is 0 Å². The SMILES string of the molecule is CC(=O)N1CCN(C(=O)CSc2c(N)cccc2Cl)CC1. The van der Waals surface area contributed by atoms with Crippen LogP contribution < -0.4 is 5.73 Å². The number of nitrogen functional groups attached to an aromatic ring is 1. The van der Waals surface area contributed by atoms with Gasteiger partial charge in [-0.15, -0.1) is 11.8 Å². The largest absolute Gasteiger partial charge is 0.398 e. The quantitative estimate of drug-likeness (QED) is 0.678. The van der Waals surface area contributed by atoms with Crippen molar-refractivity contribution in [1.29, 1.82) is 0 Å². The lowest BCUT2D eigenvalue weighted by molar-refractivity contribution is -0.136. The molecule has 0 aromatic heterocycles. The standard InChI is InChI=1S/C14H18ClN3O2S/c1-10(19)17-5-7-18(8-6-17)13(20)9-21-14-11(15)3-2-4-12(14)16/h2-4H,5-9,16H2,1H3. The second kappa shape index (κ2) is 7.04. The van der Waals surface area contributed by atoms with E-state index in [1.54, 1.807) is 34.9 Å². The van der Waals surface area contributed by atoms with E-state index in [0.29, 0.717) is 42.6 Å². The van der Waals surface area contributed by atoms with Crippen molar-refractivity contribution in [3.05, 3.63) is 23.2 Å². The Morgan fingerprint density at radius 1 is 1.24 bits per heavy atom. The van der Waals surface area contributed by atoms with Crippen molar-refractivity contribution >= 4 is 40.9 Å². The van der Waals surface area contributed by atoms with Gasteiger partial charge in [0.15, 0.2) is 0 Å². The first-order chi connectivity index (χ1) is 9.99. The summed E-state index contributed by atoms with van der Waals surface area (Å²) in [6.07, 6.45) is 0. The predicted octanol–water partition coefficient (Wildman–Crippen LogP) is 1.70. The van der Waals surface area contributed by atoms with Crippen LogP contribution in [0.3, 0.4) is 0 Å². The topological polar surface area (TPSA) is 66.6 Å². The summed E-state index contributed by atoms with van der Waals surface area (Å²) >= 11 is 7.44. The van der Waals surface area contributed by atoms with Gasteiger partial charge in [-0.2, -0.15) is 0 Å². The summed E-state index contributed by atoms with van der Waals surface area (Å²) in [5, 5.41) is 0.564. The van der Waals surface area contributed by atoms with Crippen molar-refractivity contribution in [3.8, 4) is 0 Å². The molecule has 114 valence electrons. The summed E-state index contributed by atoms with van der Waals surface area (Å²) in [4.78, 5) is 27.7. The average molecular weight is 328 g/mol. The Labute approximate surface area is 133 Å². The lowest BCUT2D eigenvalue weighted by atomic mass is 10.3. The predicted molar refractivity (Wildman–Crippen MR) is 85.4 cm³/mol. The van der Waals surface area contributed by atoms with Crippen LogP contribution >= 0.6 is 23.4 Å². The van der Waals surface area contributed by atoms with Crippen LogP contribution in [-0.4, -0.2) is 53.5 Å². The van der Waals surface area contributed by atoms with E-state index in [9.17, 15) is 9.59 Å². The highest BCUT2D eigenvalue weighted by atomic mass is 35.5. The number of carbonyl (C=O) groups is 2. The molecule has 1 aromatic rings. The molecule has 7 heteroatoms. The van der Waals surface area contributed by atoms with Gasteiger partial charge in [-0.25, -0.2) is 0 Å². The first-order valence-electron chi connectivity index (χ1n) is 6.69. The van der Waals surface area contributed by atoms with Crippen molar-refractivity contribution < 1.29 is 9.59 Å². The van der Waals surface area contributed by atoms with Crippen LogP contribution in [0.25, 0.3) is 0 Å². The zero-order chi connectivity index (χ0) is 15.4. The molecular formula is C14H18ClN3O2S. The van der Waals surface area contributed by atoms with E-state index in [1.807, 2.05) is 0 Å². The molecule has 2 N–H and O–H groups in total. The molecule has 2 rings (SSSR count). The van der Waals surface area contributed by atoms with Gasteiger partial charge in [-0.1, -0.05) is 17.7 Å². The van der Waals surface area contributed by atoms with E-state index in [0.717, 1.165) is 4.90 Å². The highest BCUT2D eigenvalue weighted by molar-refractivity contribution is 8.00. The molecule has 0 unspecified atom stereocenters. The Balaban J connectivity index is 1.87. The smallest absolute Gasteiger partial charge is 0.233 e. The van der Waals surface area contributed by atoms with Gasteiger partial charge < -0.3 is 15.5 Å². The van der Waals surface area contributed by atoms with Crippen molar-refractivity contribution in [2.75, 3.05) is 37.7 Å². The Morgan fingerprint density at radius 3 is 2.43 bits per heavy atom. The van der Waals surface area contributed by atoms with Crippen LogP contribution in [0.5, 0.6) is 0 Å². The van der Waals surface area contributed by atoms with Crippen LogP contribution in [0.15, 0.2) is 23.1 Å². The molecule has 2 amide bonds.